The van der Waals surface area contributed by atoms with Gasteiger partial charge in [0, 0.05) is 18.8 Å². The zero-order valence-corrected chi connectivity index (χ0v) is 14.8. The summed E-state index contributed by atoms with van der Waals surface area (Å²) in [7, 11) is 0. The van der Waals surface area contributed by atoms with Crippen molar-refractivity contribution in [1.29, 1.82) is 0 Å². The minimum Gasteiger partial charge on any atom is -0.475 e. The predicted molar refractivity (Wildman–Crippen MR) is 89.9 cm³/mol. The molecule has 1 N–H and O–H groups in total. The molecule has 0 spiro atoms. The molecular formula is C17H28N2O4. The number of rotatable bonds is 10. The summed E-state index contributed by atoms with van der Waals surface area (Å²) in [6, 6.07) is 1.84. The fourth-order valence-electron chi connectivity index (χ4n) is 2.03. The summed E-state index contributed by atoms with van der Waals surface area (Å²) in [6.07, 6.45) is 2.18. The van der Waals surface area contributed by atoms with Gasteiger partial charge in [-0.15, -0.1) is 0 Å². The Bertz CT molecular complexity index is 507. The Morgan fingerprint density at radius 3 is 2.57 bits per heavy atom. The predicted octanol–water partition coefficient (Wildman–Crippen LogP) is 2.95. The normalized spacial score (nSPS) is 13.4. The summed E-state index contributed by atoms with van der Waals surface area (Å²) in [6.45, 7) is 11.5. The SMILES string of the molecule is CCOCCOc1ncc(NC(=O)[C@](C)(CC)OCC)cc1C. The lowest BCUT2D eigenvalue weighted by Crippen LogP contribution is -2.42. The topological polar surface area (TPSA) is 69.7 Å². The van der Waals surface area contributed by atoms with Crippen molar-refractivity contribution in [2.45, 2.75) is 46.6 Å². The summed E-state index contributed by atoms with van der Waals surface area (Å²) in [5.74, 6) is 0.374. The molecule has 0 unspecified atom stereocenters. The van der Waals surface area contributed by atoms with Crippen molar-refractivity contribution in [3.63, 3.8) is 0 Å². The number of aromatic nitrogens is 1. The van der Waals surface area contributed by atoms with Crippen LogP contribution in [0.4, 0.5) is 5.69 Å². The number of anilines is 1. The highest BCUT2D eigenvalue weighted by atomic mass is 16.5. The third kappa shape index (κ3) is 5.80. The molecule has 0 bridgehead atoms. The molecule has 1 rings (SSSR count). The molecule has 1 amide bonds. The standard InChI is InChI=1S/C17H28N2O4/c1-6-17(5,23-8-3)16(20)19-14-11-13(4)15(18-12-14)22-10-9-21-7-2/h11-12H,6-10H2,1-5H3,(H,19,20)/t17-/m0/s1. The van der Waals surface area contributed by atoms with Crippen LogP contribution in [0.25, 0.3) is 0 Å². The molecule has 6 heteroatoms. The highest BCUT2D eigenvalue weighted by molar-refractivity contribution is 5.97. The lowest BCUT2D eigenvalue weighted by atomic mass is 10.0. The highest BCUT2D eigenvalue weighted by Crippen LogP contribution is 2.21. The molecule has 1 aromatic heterocycles. The fourth-order valence-corrected chi connectivity index (χ4v) is 2.03. The monoisotopic (exact) mass is 324 g/mol. The van der Waals surface area contributed by atoms with Crippen molar-refractivity contribution in [2.24, 2.45) is 0 Å². The maximum Gasteiger partial charge on any atom is 0.256 e. The second-order valence-electron chi connectivity index (χ2n) is 5.36. The number of pyridine rings is 1. The van der Waals surface area contributed by atoms with Crippen molar-refractivity contribution in [3.05, 3.63) is 17.8 Å². The van der Waals surface area contributed by atoms with Crippen LogP contribution in [0.2, 0.25) is 0 Å². The van der Waals surface area contributed by atoms with Gasteiger partial charge < -0.3 is 19.5 Å². The maximum absolute atomic E-state index is 12.4. The van der Waals surface area contributed by atoms with Crippen molar-refractivity contribution in [1.82, 2.24) is 4.98 Å². The summed E-state index contributed by atoms with van der Waals surface area (Å²) in [4.78, 5) is 16.6. The van der Waals surface area contributed by atoms with E-state index in [1.54, 1.807) is 13.1 Å². The maximum atomic E-state index is 12.4. The number of carbonyl (C=O) groups excluding carboxylic acids is 1. The first-order valence-electron chi connectivity index (χ1n) is 8.09. The Labute approximate surface area is 138 Å². The third-order valence-electron chi connectivity index (χ3n) is 3.58. The van der Waals surface area contributed by atoms with Crippen molar-refractivity contribution in [3.8, 4) is 5.88 Å². The van der Waals surface area contributed by atoms with E-state index in [4.69, 9.17) is 14.2 Å². The molecule has 0 saturated heterocycles. The van der Waals surface area contributed by atoms with E-state index in [9.17, 15) is 4.79 Å². The summed E-state index contributed by atoms with van der Waals surface area (Å²) in [5.41, 5.74) is 0.646. The Kier molecular flexibility index (Phi) is 7.98. The number of nitrogens with one attached hydrogen (secondary N) is 1. The van der Waals surface area contributed by atoms with E-state index < -0.39 is 5.60 Å². The average Bonchev–Trinajstić information content (AvgIpc) is 2.53. The molecule has 23 heavy (non-hydrogen) atoms. The van der Waals surface area contributed by atoms with E-state index in [2.05, 4.69) is 10.3 Å². The van der Waals surface area contributed by atoms with Crippen LogP contribution in [0.3, 0.4) is 0 Å². The number of ether oxygens (including phenoxy) is 3. The number of aryl methyl sites for hydroxylation is 1. The number of amides is 1. The van der Waals surface area contributed by atoms with Crippen molar-refractivity contribution >= 4 is 11.6 Å². The fraction of sp³-hybridized carbons (Fsp3) is 0.647. The molecule has 6 nitrogen and oxygen atoms in total. The van der Waals surface area contributed by atoms with Crippen LogP contribution in [-0.2, 0) is 14.3 Å². The van der Waals surface area contributed by atoms with E-state index in [0.717, 1.165) is 5.56 Å². The van der Waals surface area contributed by atoms with E-state index in [0.29, 0.717) is 44.4 Å². The van der Waals surface area contributed by atoms with Gasteiger partial charge in [-0.3, -0.25) is 4.79 Å². The molecule has 0 saturated carbocycles. The largest absolute Gasteiger partial charge is 0.475 e. The Balaban J connectivity index is 2.68. The lowest BCUT2D eigenvalue weighted by molar-refractivity contribution is -0.139. The number of carbonyl (C=O) groups is 1. The molecule has 1 aromatic rings. The Morgan fingerprint density at radius 2 is 2.00 bits per heavy atom. The Morgan fingerprint density at radius 1 is 1.26 bits per heavy atom. The lowest BCUT2D eigenvalue weighted by Gasteiger charge is -2.26. The second kappa shape index (κ2) is 9.47. The molecule has 0 fully saturated rings. The van der Waals surface area contributed by atoms with Gasteiger partial charge in [0.1, 0.15) is 12.2 Å². The van der Waals surface area contributed by atoms with Gasteiger partial charge in [0.15, 0.2) is 0 Å². The van der Waals surface area contributed by atoms with Gasteiger partial charge in [-0.1, -0.05) is 6.92 Å². The second-order valence-corrected chi connectivity index (χ2v) is 5.36. The smallest absolute Gasteiger partial charge is 0.256 e. The number of hydrogen-bond acceptors (Lipinski definition) is 5. The first-order chi connectivity index (χ1) is 11.0. The third-order valence-corrected chi connectivity index (χ3v) is 3.58. The van der Waals surface area contributed by atoms with Crippen LogP contribution in [0.1, 0.15) is 39.7 Å². The molecule has 0 aliphatic carbocycles. The molecule has 0 aliphatic heterocycles. The van der Waals surface area contributed by atoms with E-state index in [1.807, 2.05) is 33.8 Å². The van der Waals surface area contributed by atoms with Gasteiger partial charge in [0.2, 0.25) is 5.88 Å². The molecule has 130 valence electrons. The molecule has 1 heterocycles. The van der Waals surface area contributed by atoms with Gasteiger partial charge in [0.25, 0.3) is 5.91 Å². The van der Waals surface area contributed by atoms with E-state index in [1.165, 1.54) is 0 Å². The number of hydrogen-bond donors (Lipinski definition) is 1. The van der Waals surface area contributed by atoms with Crippen LogP contribution >= 0.6 is 0 Å². The Hall–Kier alpha value is -1.66. The summed E-state index contributed by atoms with van der Waals surface area (Å²) in [5, 5.41) is 2.86. The molecule has 0 radical (unpaired) electrons. The minimum absolute atomic E-state index is 0.173. The quantitative estimate of drug-likeness (QED) is 0.670. The zero-order valence-electron chi connectivity index (χ0n) is 14.8. The molecule has 0 aliphatic rings. The first kappa shape index (κ1) is 19.4. The minimum atomic E-state index is -0.838. The van der Waals surface area contributed by atoms with Gasteiger partial charge in [-0.2, -0.15) is 0 Å². The van der Waals surface area contributed by atoms with Gasteiger partial charge in [-0.25, -0.2) is 4.98 Å². The summed E-state index contributed by atoms with van der Waals surface area (Å²) < 4.78 is 16.3. The van der Waals surface area contributed by atoms with Gasteiger partial charge in [-0.05, 0) is 40.2 Å². The van der Waals surface area contributed by atoms with Crippen LogP contribution < -0.4 is 10.1 Å². The van der Waals surface area contributed by atoms with E-state index >= 15 is 0 Å². The van der Waals surface area contributed by atoms with Crippen LogP contribution in [0.15, 0.2) is 12.3 Å². The first-order valence-corrected chi connectivity index (χ1v) is 8.09. The van der Waals surface area contributed by atoms with Crippen LogP contribution in [0, 0.1) is 6.92 Å². The summed E-state index contributed by atoms with van der Waals surface area (Å²) >= 11 is 0. The van der Waals surface area contributed by atoms with Crippen molar-refractivity contribution < 1.29 is 19.0 Å². The molecule has 0 aromatic carbocycles. The zero-order chi connectivity index (χ0) is 17.3. The van der Waals surface area contributed by atoms with Crippen LogP contribution in [-0.4, -0.2) is 42.9 Å². The molecular weight excluding hydrogens is 296 g/mol. The van der Waals surface area contributed by atoms with E-state index in [-0.39, 0.29) is 5.91 Å². The highest BCUT2D eigenvalue weighted by Gasteiger charge is 2.31. The van der Waals surface area contributed by atoms with Crippen molar-refractivity contribution in [2.75, 3.05) is 31.7 Å². The van der Waals surface area contributed by atoms with Gasteiger partial charge in [0.05, 0.1) is 18.5 Å². The van der Waals surface area contributed by atoms with Crippen LogP contribution in [0.5, 0.6) is 5.88 Å². The molecule has 1 atom stereocenters. The van der Waals surface area contributed by atoms with Gasteiger partial charge >= 0.3 is 0 Å². The number of nitrogens with zero attached hydrogens (tertiary/aromatic N) is 1. The average molecular weight is 324 g/mol.